The Morgan fingerprint density at radius 3 is 0.885 bits per heavy atom. The number of hydrogen-bond donors (Lipinski definition) is 0. The molecule has 4 bridgehead atoms. The molecule has 6 heterocycles. The van der Waals surface area contributed by atoms with E-state index in [9.17, 15) is 0 Å². The van der Waals surface area contributed by atoms with Crippen molar-refractivity contribution in [2.45, 2.75) is 13.8 Å². The number of nitrogens with zero attached hydrogens (tertiary/aromatic N) is 4. The molecule has 26 heavy (non-hydrogen) atoms. The predicted molar refractivity (Wildman–Crippen MR) is 110 cm³/mol. The molecule has 0 spiro atoms. The van der Waals surface area contributed by atoms with E-state index < -0.39 is 0 Å². The number of likely N-dealkylation sites (N-methyl/N-ethyl adjacent to an activating group) is 2. The maximum absolute atomic E-state index is 2.59. The Morgan fingerprint density at radius 1 is 0.500 bits per heavy atom. The molecule has 7 rings (SSSR count). The Hall–Kier alpha value is -0.940. The van der Waals surface area contributed by atoms with Crippen molar-refractivity contribution in [1.82, 2.24) is 9.80 Å². The van der Waals surface area contributed by atoms with Gasteiger partial charge in [0.1, 0.15) is 0 Å². The summed E-state index contributed by atoms with van der Waals surface area (Å²) in [5, 5.41) is 0. The molecular weight excluding hydrogens is 320 g/mol. The number of rotatable bonds is 2. The van der Waals surface area contributed by atoms with Gasteiger partial charge >= 0.3 is 0 Å². The van der Waals surface area contributed by atoms with Crippen LogP contribution in [0.25, 0.3) is 0 Å². The van der Waals surface area contributed by atoms with Crippen molar-refractivity contribution in [2.24, 2.45) is 0 Å². The van der Waals surface area contributed by atoms with E-state index >= 15 is 0 Å². The molecule has 6 fully saturated rings. The van der Waals surface area contributed by atoms with E-state index in [1.165, 1.54) is 101 Å². The molecule has 6 aliphatic rings. The molecule has 146 valence electrons. The largest absolute Gasteiger partial charge is 0.321 e. The summed E-state index contributed by atoms with van der Waals surface area (Å²) in [6, 6.07) is 12.0. The summed E-state index contributed by atoms with van der Waals surface area (Å²) < 4.78 is 2.83. The molecule has 0 saturated carbocycles. The Kier molecular flexibility index (Phi) is 7.10. The summed E-state index contributed by atoms with van der Waals surface area (Å²) in [5.41, 5.74) is 0. The van der Waals surface area contributed by atoms with Crippen LogP contribution in [-0.2, 0) is 0 Å². The van der Waals surface area contributed by atoms with E-state index in [1.54, 1.807) is 0 Å². The summed E-state index contributed by atoms with van der Waals surface area (Å²) in [4.78, 5) is 5.19. The van der Waals surface area contributed by atoms with Crippen molar-refractivity contribution in [1.29, 1.82) is 0 Å². The van der Waals surface area contributed by atoms with Crippen molar-refractivity contribution >= 4 is 0 Å². The van der Waals surface area contributed by atoms with Crippen molar-refractivity contribution in [3.8, 4) is 0 Å². The lowest BCUT2D eigenvalue weighted by atomic mass is 10.1. The maximum atomic E-state index is 2.59. The van der Waals surface area contributed by atoms with Gasteiger partial charge in [0.25, 0.3) is 0 Å². The zero-order valence-corrected chi connectivity index (χ0v) is 17.2. The first-order valence-electron chi connectivity index (χ1n) is 10.8. The highest BCUT2D eigenvalue weighted by Gasteiger charge is 2.37. The lowest BCUT2D eigenvalue weighted by molar-refractivity contribution is -0.939. The molecule has 4 heteroatoms. The third-order valence-corrected chi connectivity index (χ3v) is 7.35. The molecule has 0 radical (unpaired) electrons. The van der Waals surface area contributed by atoms with E-state index in [1.807, 2.05) is 36.4 Å². The first-order valence-corrected chi connectivity index (χ1v) is 10.8. The first kappa shape index (κ1) is 19.8. The maximum Gasteiger partial charge on any atom is 0.0916 e. The van der Waals surface area contributed by atoms with Crippen LogP contribution in [0.2, 0.25) is 0 Å². The lowest BCUT2D eigenvalue weighted by Crippen LogP contribution is -2.67. The van der Waals surface area contributed by atoms with Crippen molar-refractivity contribution in [3.63, 3.8) is 0 Å². The van der Waals surface area contributed by atoms with Gasteiger partial charge in [-0.1, -0.05) is 36.4 Å². The molecule has 6 aliphatic heterocycles. The molecule has 1 aromatic rings. The van der Waals surface area contributed by atoms with Gasteiger partial charge in [-0.2, -0.15) is 0 Å². The standard InChI is InChI=1S/2C8H17N2.C6H6/c2*1-2-10-6-3-9(4-7-10)5-8-10;1-2-4-6-5-3-1/h2*2-8H2,1H3;1-6H/q2*+1;. The van der Waals surface area contributed by atoms with Crippen LogP contribution in [0.3, 0.4) is 0 Å². The van der Waals surface area contributed by atoms with E-state index in [0.717, 1.165) is 0 Å². The highest BCUT2D eigenvalue weighted by Crippen LogP contribution is 2.19. The average molecular weight is 361 g/mol. The molecule has 0 aromatic heterocycles. The van der Waals surface area contributed by atoms with Gasteiger partial charge < -0.3 is 8.97 Å². The fourth-order valence-electron chi connectivity index (χ4n) is 4.80. The summed E-state index contributed by atoms with van der Waals surface area (Å²) >= 11 is 0. The van der Waals surface area contributed by atoms with Crippen LogP contribution in [0.5, 0.6) is 0 Å². The zero-order chi connectivity index (χ0) is 18.3. The SMILES string of the molecule is CC[N+]12CCN(CC1)CC2.CC[N+]12CCN(CC1)CC2.c1ccccc1. The second-order valence-corrected chi connectivity index (χ2v) is 8.50. The van der Waals surface area contributed by atoms with Crippen LogP contribution in [0, 0.1) is 0 Å². The van der Waals surface area contributed by atoms with Gasteiger partial charge in [-0.25, -0.2) is 0 Å². The number of piperazine rings is 6. The van der Waals surface area contributed by atoms with Gasteiger partial charge in [0.15, 0.2) is 0 Å². The quantitative estimate of drug-likeness (QED) is 0.744. The average Bonchev–Trinajstić information content (AvgIpc) is 2.78. The van der Waals surface area contributed by atoms with Crippen molar-refractivity contribution in [3.05, 3.63) is 36.4 Å². The summed E-state index contributed by atoms with van der Waals surface area (Å²) in [5.74, 6) is 0. The summed E-state index contributed by atoms with van der Waals surface area (Å²) in [6.07, 6.45) is 0. The zero-order valence-electron chi connectivity index (χ0n) is 17.2. The van der Waals surface area contributed by atoms with Crippen LogP contribution in [0.4, 0.5) is 0 Å². The van der Waals surface area contributed by atoms with Gasteiger partial charge in [0, 0.05) is 39.3 Å². The Labute approximate surface area is 161 Å². The molecule has 1 aromatic carbocycles. The molecule has 4 nitrogen and oxygen atoms in total. The molecular formula is C22H40N4+2. The third kappa shape index (κ3) is 5.07. The molecule has 0 N–H and O–H groups in total. The molecule has 0 amide bonds. The van der Waals surface area contributed by atoms with E-state index in [2.05, 4.69) is 23.6 Å². The molecule has 6 saturated heterocycles. The molecule has 0 unspecified atom stereocenters. The second kappa shape index (κ2) is 9.32. The minimum Gasteiger partial charge on any atom is -0.321 e. The van der Waals surface area contributed by atoms with Crippen LogP contribution >= 0.6 is 0 Å². The van der Waals surface area contributed by atoms with E-state index in [0.29, 0.717) is 0 Å². The fourth-order valence-corrected chi connectivity index (χ4v) is 4.80. The van der Waals surface area contributed by atoms with Gasteiger partial charge in [-0.15, -0.1) is 0 Å². The van der Waals surface area contributed by atoms with Crippen molar-refractivity contribution < 1.29 is 8.97 Å². The lowest BCUT2D eigenvalue weighted by Gasteiger charge is -2.50. The number of benzene rings is 1. The number of quaternary nitrogens is 2. The smallest absolute Gasteiger partial charge is 0.0916 e. The van der Waals surface area contributed by atoms with Crippen molar-refractivity contribution in [2.75, 3.05) is 91.6 Å². The highest BCUT2D eigenvalue weighted by molar-refractivity contribution is 4.99. The topological polar surface area (TPSA) is 6.48 Å². The Balaban J connectivity index is 0.000000117. The second-order valence-electron chi connectivity index (χ2n) is 8.50. The summed E-state index contributed by atoms with van der Waals surface area (Å²) in [7, 11) is 0. The highest BCUT2D eigenvalue weighted by atomic mass is 15.5. The Morgan fingerprint density at radius 2 is 0.731 bits per heavy atom. The number of fused-ring (bicyclic) bond motifs is 6. The normalized spacial score (nSPS) is 37.2. The third-order valence-electron chi connectivity index (χ3n) is 7.35. The minimum absolute atomic E-state index is 1.36. The Bertz CT molecular complexity index is 416. The van der Waals surface area contributed by atoms with Gasteiger partial charge in [0.05, 0.1) is 52.4 Å². The fraction of sp³-hybridized carbons (Fsp3) is 0.727. The molecule has 0 aliphatic carbocycles. The number of hydrogen-bond acceptors (Lipinski definition) is 2. The van der Waals surface area contributed by atoms with Gasteiger partial charge in [-0.3, -0.25) is 9.80 Å². The van der Waals surface area contributed by atoms with E-state index in [4.69, 9.17) is 0 Å². The van der Waals surface area contributed by atoms with Gasteiger partial charge in [-0.05, 0) is 13.8 Å². The minimum atomic E-state index is 1.36. The predicted octanol–water partition coefficient (Wildman–Crippen LogP) is 1.99. The summed E-state index contributed by atoms with van der Waals surface area (Å²) in [6.45, 7) is 24.0. The monoisotopic (exact) mass is 360 g/mol. The van der Waals surface area contributed by atoms with Gasteiger partial charge in [0.2, 0.25) is 0 Å². The van der Waals surface area contributed by atoms with Crippen LogP contribution in [-0.4, -0.2) is 110 Å². The van der Waals surface area contributed by atoms with Crippen LogP contribution in [0.15, 0.2) is 36.4 Å². The van der Waals surface area contributed by atoms with Crippen LogP contribution in [0.1, 0.15) is 13.8 Å². The van der Waals surface area contributed by atoms with E-state index in [-0.39, 0.29) is 0 Å². The first-order chi connectivity index (χ1) is 12.7. The molecule has 0 atom stereocenters. The van der Waals surface area contributed by atoms with Crippen LogP contribution < -0.4 is 0 Å².